The van der Waals surface area contributed by atoms with Gasteiger partial charge in [0.2, 0.25) is 5.91 Å². The minimum absolute atomic E-state index is 0.0153. The van der Waals surface area contributed by atoms with E-state index in [0.29, 0.717) is 17.5 Å². The second kappa shape index (κ2) is 7.25. The monoisotopic (exact) mass is 326 g/mol. The SMILES string of the molecule is COc1ccc(NC(C(=O)NC2CC2)c2ccccc2)cc1OC. The van der Waals surface area contributed by atoms with Crippen LogP contribution in [0.2, 0.25) is 0 Å². The second-order valence-corrected chi connectivity index (χ2v) is 5.84. The fraction of sp³-hybridized carbons (Fsp3) is 0.316. The minimum atomic E-state index is -0.454. The molecule has 0 radical (unpaired) electrons. The molecule has 5 nitrogen and oxygen atoms in total. The van der Waals surface area contributed by atoms with Gasteiger partial charge in [0.05, 0.1) is 14.2 Å². The molecule has 24 heavy (non-hydrogen) atoms. The third-order valence-corrected chi connectivity index (χ3v) is 4.01. The summed E-state index contributed by atoms with van der Waals surface area (Å²) >= 11 is 0. The molecular formula is C19H22N2O3. The molecule has 0 saturated heterocycles. The van der Waals surface area contributed by atoms with Gasteiger partial charge in [-0.1, -0.05) is 30.3 Å². The van der Waals surface area contributed by atoms with Gasteiger partial charge in [-0.15, -0.1) is 0 Å². The van der Waals surface area contributed by atoms with E-state index >= 15 is 0 Å². The summed E-state index contributed by atoms with van der Waals surface area (Å²) in [5.41, 5.74) is 1.72. The van der Waals surface area contributed by atoms with Crippen LogP contribution in [0.5, 0.6) is 11.5 Å². The predicted octanol–water partition coefficient (Wildman–Crippen LogP) is 3.14. The fourth-order valence-electron chi connectivity index (χ4n) is 2.55. The summed E-state index contributed by atoms with van der Waals surface area (Å²) in [4.78, 5) is 12.6. The molecule has 0 aliphatic heterocycles. The van der Waals surface area contributed by atoms with Crippen LogP contribution in [0.3, 0.4) is 0 Å². The van der Waals surface area contributed by atoms with Crippen molar-refractivity contribution < 1.29 is 14.3 Å². The molecule has 1 aliphatic carbocycles. The lowest BCUT2D eigenvalue weighted by Crippen LogP contribution is -2.34. The van der Waals surface area contributed by atoms with Gasteiger partial charge in [-0.05, 0) is 30.5 Å². The lowest BCUT2D eigenvalue weighted by Gasteiger charge is -2.20. The number of rotatable bonds is 7. The topological polar surface area (TPSA) is 59.6 Å². The van der Waals surface area contributed by atoms with E-state index in [1.54, 1.807) is 14.2 Å². The van der Waals surface area contributed by atoms with Crippen LogP contribution >= 0.6 is 0 Å². The Morgan fingerprint density at radius 2 is 1.75 bits per heavy atom. The minimum Gasteiger partial charge on any atom is -0.493 e. The molecule has 126 valence electrons. The molecule has 0 spiro atoms. The second-order valence-electron chi connectivity index (χ2n) is 5.84. The zero-order valence-electron chi connectivity index (χ0n) is 13.9. The molecule has 1 fully saturated rings. The number of methoxy groups -OCH3 is 2. The number of nitrogens with one attached hydrogen (secondary N) is 2. The van der Waals surface area contributed by atoms with Crippen LogP contribution in [0.4, 0.5) is 5.69 Å². The summed E-state index contributed by atoms with van der Waals surface area (Å²) in [6, 6.07) is 15.1. The Morgan fingerprint density at radius 1 is 1.04 bits per heavy atom. The molecule has 2 aromatic carbocycles. The molecule has 0 heterocycles. The molecule has 0 bridgehead atoms. The van der Waals surface area contributed by atoms with E-state index in [0.717, 1.165) is 24.1 Å². The standard InChI is InChI=1S/C19H22N2O3/c1-23-16-11-10-15(12-17(16)24-2)20-18(13-6-4-3-5-7-13)19(22)21-14-8-9-14/h3-7,10-12,14,18,20H,8-9H2,1-2H3,(H,21,22). The van der Waals surface area contributed by atoms with Crippen LogP contribution in [0.1, 0.15) is 24.4 Å². The van der Waals surface area contributed by atoms with Crippen LogP contribution in [-0.2, 0) is 4.79 Å². The summed E-state index contributed by atoms with van der Waals surface area (Å²) in [5.74, 6) is 1.26. The summed E-state index contributed by atoms with van der Waals surface area (Å²) in [6.45, 7) is 0. The van der Waals surface area contributed by atoms with Crippen molar-refractivity contribution in [3.8, 4) is 11.5 Å². The Morgan fingerprint density at radius 3 is 2.38 bits per heavy atom. The van der Waals surface area contributed by atoms with Crippen molar-refractivity contribution in [2.45, 2.75) is 24.9 Å². The maximum Gasteiger partial charge on any atom is 0.247 e. The Bertz CT molecular complexity index is 699. The summed E-state index contributed by atoms with van der Waals surface area (Å²) in [6.07, 6.45) is 2.12. The highest BCUT2D eigenvalue weighted by atomic mass is 16.5. The zero-order chi connectivity index (χ0) is 16.9. The molecule has 1 amide bonds. The number of carbonyl (C=O) groups is 1. The van der Waals surface area contributed by atoms with Crippen LogP contribution in [0.15, 0.2) is 48.5 Å². The smallest absolute Gasteiger partial charge is 0.247 e. The first-order chi connectivity index (χ1) is 11.7. The summed E-state index contributed by atoms with van der Waals surface area (Å²) < 4.78 is 10.6. The lowest BCUT2D eigenvalue weighted by atomic mass is 10.1. The average molecular weight is 326 g/mol. The quantitative estimate of drug-likeness (QED) is 0.821. The van der Waals surface area contributed by atoms with Gasteiger partial charge in [0.15, 0.2) is 11.5 Å². The number of carbonyl (C=O) groups excluding carboxylic acids is 1. The number of amides is 1. The fourth-order valence-corrected chi connectivity index (χ4v) is 2.55. The van der Waals surface area contributed by atoms with E-state index in [4.69, 9.17) is 9.47 Å². The van der Waals surface area contributed by atoms with Gasteiger partial charge in [0, 0.05) is 17.8 Å². The van der Waals surface area contributed by atoms with Gasteiger partial charge < -0.3 is 20.1 Å². The van der Waals surface area contributed by atoms with Crippen LogP contribution in [0, 0.1) is 0 Å². The molecule has 1 atom stereocenters. The predicted molar refractivity (Wildman–Crippen MR) is 93.5 cm³/mol. The van der Waals surface area contributed by atoms with E-state index in [1.807, 2.05) is 48.5 Å². The molecule has 1 aliphatic rings. The van der Waals surface area contributed by atoms with Crippen molar-refractivity contribution in [1.82, 2.24) is 5.32 Å². The number of ether oxygens (including phenoxy) is 2. The van der Waals surface area contributed by atoms with Gasteiger partial charge in [0.25, 0.3) is 0 Å². The van der Waals surface area contributed by atoms with Gasteiger partial charge in [-0.2, -0.15) is 0 Å². The molecule has 5 heteroatoms. The van der Waals surface area contributed by atoms with Gasteiger partial charge in [0.1, 0.15) is 6.04 Å². The van der Waals surface area contributed by atoms with Crippen molar-refractivity contribution in [2.75, 3.05) is 19.5 Å². The summed E-state index contributed by atoms with van der Waals surface area (Å²) in [5, 5.41) is 6.37. The molecule has 3 rings (SSSR count). The number of benzene rings is 2. The van der Waals surface area contributed by atoms with Crippen molar-refractivity contribution in [3.05, 3.63) is 54.1 Å². The van der Waals surface area contributed by atoms with Crippen LogP contribution < -0.4 is 20.1 Å². The maximum absolute atomic E-state index is 12.6. The zero-order valence-corrected chi connectivity index (χ0v) is 13.9. The molecular weight excluding hydrogens is 304 g/mol. The van der Waals surface area contributed by atoms with Crippen molar-refractivity contribution in [3.63, 3.8) is 0 Å². The molecule has 2 N–H and O–H groups in total. The van der Waals surface area contributed by atoms with Crippen molar-refractivity contribution in [1.29, 1.82) is 0 Å². The van der Waals surface area contributed by atoms with Crippen LogP contribution in [0.25, 0.3) is 0 Å². The third-order valence-electron chi connectivity index (χ3n) is 4.01. The first-order valence-electron chi connectivity index (χ1n) is 8.05. The maximum atomic E-state index is 12.6. The third kappa shape index (κ3) is 3.79. The van der Waals surface area contributed by atoms with E-state index < -0.39 is 6.04 Å². The highest BCUT2D eigenvalue weighted by Crippen LogP contribution is 2.31. The first kappa shape index (κ1) is 16.2. The number of hydrogen-bond donors (Lipinski definition) is 2. The Kier molecular flexibility index (Phi) is 4.89. The van der Waals surface area contributed by atoms with E-state index in [2.05, 4.69) is 10.6 Å². The van der Waals surface area contributed by atoms with Gasteiger partial charge in [-0.25, -0.2) is 0 Å². The lowest BCUT2D eigenvalue weighted by molar-refractivity contribution is -0.122. The van der Waals surface area contributed by atoms with Crippen LogP contribution in [-0.4, -0.2) is 26.2 Å². The van der Waals surface area contributed by atoms with E-state index in [9.17, 15) is 4.79 Å². The molecule has 1 saturated carbocycles. The average Bonchev–Trinajstić information content (AvgIpc) is 3.44. The largest absolute Gasteiger partial charge is 0.493 e. The Balaban J connectivity index is 1.84. The van der Waals surface area contributed by atoms with Gasteiger partial charge in [-0.3, -0.25) is 4.79 Å². The molecule has 0 aromatic heterocycles. The first-order valence-corrected chi connectivity index (χ1v) is 8.05. The number of hydrogen-bond acceptors (Lipinski definition) is 4. The Labute approximate surface area is 142 Å². The van der Waals surface area contributed by atoms with Crippen molar-refractivity contribution >= 4 is 11.6 Å². The number of anilines is 1. The highest BCUT2D eigenvalue weighted by Gasteiger charge is 2.28. The van der Waals surface area contributed by atoms with E-state index in [-0.39, 0.29) is 5.91 Å². The van der Waals surface area contributed by atoms with Crippen molar-refractivity contribution in [2.24, 2.45) is 0 Å². The summed E-state index contributed by atoms with van der Waals surface area (Å²) in [7, 11) is 3.19. The molecule has 2 aromatic rings. The Hall–Kier alpha value is -2.69. The normalized spacial score (nSPS) is 14.6. The van der Waals surface area contributed by atoms with Gasteiger partial charge >= 0.3 is 0 Å². The molecule has 1 unspecified atom stereocenters. The van der Waals surface area contributed by atoms with E-state index in [1.165, 1.54) is 0 Å². The highest BCUT2D eigenvalue weighted by molar-refractivity contribution is 5.86.